The smallest absolute Gasteiger partial charge is 0.335 e. The molecule has 0 aliphatic rings. The van der Waals surface area contributed by atoms with Crippen LogP contribution in [0.25, 0.3) is 0 Å². The van der Waals surface area contributed by atoms with Crippen LogP contribution >= 0.6 is 11.6 Å². The summed E-state index contributed by atoms with van der Waals surface area (Å²) in [6.45, 7) is 0.177. The number of hydrogen-bond acceptors (Lipinski definition) is 5. The Labute approximate surface area is 183 Å². The van der Waals surface area contributed by atoms with Crippen molar-refractivity contribution in [2.75, 3.05) is 7.11 Å². The van der Waals surface area contributed by atoms with Crippen LogP contribution in [0.3, 0.4) is 0 Å². The van der Waals surface area contributed by atoms with E-state index in [1.54, 1.807) is 30.3 Å². The fourth-order valence-corrected chi connectivity index (χ4v) is 2.90. The summed E-state index contributed by atoms with van der Waals surface area (Å²) in [5.74, 6) is -1.16. The normalized spacial score (nSPS) is 10.8. The van der Waals surface area contributed by atoms with Crippen LogP contribution in [0.4, 0.5) is 5.69 Å². The number of aliphatic imine (C=N–C) groups is 1. The molecule has 7 nitrogen and oxygen atoms in total. The summed E-state index contributed by atoms with van der Waals surface area (Å²) < 4.78 is 11.3. The van der Waals surface area contributed by atoms with Crippen LogP contribution in [0, 0.1) is 0 Å². The van der Waals surface area contributed by atoms with Gasteiger partial charge in [0.15, 0.2) is 11.5 Å². The minimum atomic E-state index is -1.08. The first-order valence-corrected chi connectivity index (χ1v) is 9.46. The molecule has 0 saturated carbocycles. The van der Waals surface area contributed by atoms with Gasteiger partial charge in [0.1, 0.15) is 6.61 Å². The Morgan fingerprint density at radius 1 is 1.00 bits per heavy atom. The number of ether oxygens (including phenoxy) is 2. The van der Waals surface area contributed by atoms with Gasteiger partial charge in [-0.15, -0.1) is 0 Å². The topological polar surface area (TPSA) is 105 Å². The molecule has 0 aromatic heterocycles. The number of benzene rings is 3. The number of aromatic carboxylic acids is 2. The van der Waals surface area contributed by atoms with Gasteiger partial charge in [0.05, 0.1) is 28.9 Å². The number of nitrogens with zero attached hydrogens (tertiary/aromatic N) is 1. The Kier molecular flexibility index (Phi) is 6.89. The maximum Gasteiger partial charge on any atom is 0.335 e. The molecule has 158 valence electrons. The van der Waals surface area contributed by atoms with Crippen LogP contribution < -0.4 is 9.47 Å². The summed E-state index contributed by atoms with van der Waals surface area (Å²) >= 11 is 6.14. The van der Waals surface area contributed by atoms with E-state index in [-0.39, 0.29) is 17.7 Å². The van der Waals surface area contributed by atoms with Crippen molar-refractivity contribution in [3.63, 3.8) is 0 Å². The summed E-state index contributed by atoms with van der Waals surface area (Å²) in [5.41, 5.74) is 1.94. The number of hydrogen-bond donors (Lipinski definition) is 2. The summed E-state index contributed by atoms with van der Waals surface area (Å²) in [4.78, 5) is 26.5. The molecule has 8 heteroatoms. The number of carbonyl (C=O) groups is 2. The minimum absolute atomic E-state index is 0.0727. The lowest BCUT2D eigenvalue weighted by Crippen LogP contribution is -2.02. The molecule has 0 saturated heterocycles. The average Bonchev–Trinajstić information content (AvgIpc) is 2.77. The van der Waals surface area contributed by atoms with E-state index in [1.165, 1.54) is 43.7 Å². The van der Waals surface area contributed by atoms with Crippen molar-refractivity contribution in [2.45, 2.75) is 6.61 Å². The SMILES string of the molecule is COc1cccc(C=Nc2cc(C(=O)O)ccc2Cl)c1OCc1ccc(C(=O)O)cc1. The lowest BCUT2D eigenvalue weighted by molar-refractivity contribution is 0.0686. The molecule has 0 heterocycles. The molecule has 0 spiro atoms. The number of halogens is 1. The van der Waals surface area contributed by atoms with Crippen molar-refractivity contribution >= 4 is 35.4 Å². The zero-order chi connectivity index (χ0) is 22.4. The van der Waals surface area contributed by atoms with E-state index in [4.69, 9.17) is 31.3 Å². The van der Waals surface area contributed by atoms with Crippen LogP contribution in [0.15, 0.2) is 65.7 Å². The molecular weight excluding hydrogens is 422 g/mol. The van der Waals surface area contributed by atoms with Crippen molar-refractivity contribution in [1.29, 1.82) is 0 Å². The molecule has 0 bridgehead atoms. The predicted octanol–water partition coefficient (Wildman–Crippen LogP) is 5.07. The molecule has 2 N–H and O–H groups in total. The fraction of sp³-hybridized carbons (Fsp3) is 0.0870. The van der Waals surface area contributed by atoms with Crippen molar-refractivity contribution < 1.29 is 29.3 Å². The van der Waals surface area contributed by atoms with Crippen LogP contribution in [0.2, 0.25) is 5.02 Å². The van der Waals surface area contributed by atoms with Gasteiger partial charge in [0, 0.05) is 11.8 Å². The quantitative estimate of drug-likeness (QED) is 0.474. The molecule has 0 fully saturated rings. The molecule has 3 aromatic rings. The van der Waals surface area contributed by atoms with Crippen molar-refractivity contribution in [3.05, 3.63) is 87.9 Å². The lowest BCUT2D eigenvalue weighted by atomic mass is 10.1. The number of carboxylic acids is 2. The van der Waals surface area contributed by atoms with Crippen molar-refractivity contribution in [1.82, 2.24) is 0 Å². The molecule has 3 aromatic carbocycles. The highest BCUT2D eigenvalue weighted by molar-refractivity contribution is 6.33. The molecule has 0 aliphatic heterocycles. The number of rotatable bonds is 8. The second-order valence-electron chi connectivity index (χ2n) is 6.40. The zero-order valence-corrected chi connectivity index (χ0v) is 17.2. The Morgan fingerprint density at radius 2 is 1.68 bits per heavy atom. The number of carboxylic acid groups (broad SMARTS) is 2. The van der Waals surface area contributed by atoms with Crippen molar-refractivity contribution in [2.24, 2.45) is 4.99 Å². The fourth-order valence-electron chi connectivity index (χ4n) is 2.73. The predicted molar refractivity (Wildman–Crippen MR) is 116 cm³/mol. The number of methoxy groups -OCH3 is 1. The summed E-state index contributed by atoms with van der Waals surface area (Å²) in [5, 5.41) is 18.5. The van der Waals surface area contributed by atoms with E-state index in [0.717, 1.165) is 5.56 Å². The molecule has 0 unspecified atom stereocenters. The first-order chi connectivity index (χ1) is 14.9. The highest BCUT2D eigenvalue weighted by Gasteiger charge is 2.11. The molecule has 3 rings (SSSR count). The third kappa shape index (κ3) is 5.40. The highest BCUT2D eigenvalue weighted by Crippen LogP contribution is 2.32. The monoisotopic (exact) mass is 439 g/mol. The summed E-state index contributed by atoms with van der Waals surface area (Å²) in [6, 6.07) is 15.9. The van der Waals surface area contributed by atoms with Gasteiger partial charge in [0.2, 0.25) is 0 Å². The molecule has 0 radical (unpaired) electrons. The van der Waals surface area contributed by atoms with Gasteiger partial charge >= 0.3 is 11.9 Å². The van der Waals surface area contributed by atoms with E-state index in [2.05, 4.69) is 4.99 Å². The average molecular weight is 440 g/mol. The van der Waals surface area contributed by atoms with Crippen LogP contribution in [-0.2, 0) is 6.61 Å². The Balaban J connectivity index is 1.87. The van der Waals surface area contributed by atoms with E-state index in [1.807, 2.05) is 0 Å². The summed E-state index contributed by atoms with van der Waals surface area (Å²) in [6.07, 6.45) is 1.51. The summed E-state index contributed by atoms with van der Waals surface area (Å²) in [7, 11) is 1.51. The maximum absolute atomic E-state index is 11.2. The Hall–Kier alpha value is -3.84. The van der Waals surface area contributed by atoms with Gasteiger partial charge < -0.3 is 19.7 Å². The first-order valence-electron chi connectivity index (χ1n) is 9.08. The lowest BCUT2D eigenvalue weighted by Gasteiger charge is -2.13. The van der Waals surface area contributed by atoms with E-state index in [0.29, 0.717) is 27.8 Å². The van der Waals surface area contributed by atoms with Gasteiger partial charge in [-0.05, 0) is 48.0 Å². The molecular formula is C23H18ClNO6. The zero-order valence-electron chi connectivity index (χ0n) is 16.4. The molecule has 0 aliphatic carbocycles. The molecule has 31 heavy (non-hydrogen) atoms. The van der Waals surface area contributed by atoms with Gasteiger partial charge in [-0.3, -0.25) is 4.99 Å². The molecule has 0 atom stereocenters. The first kappa shape index (κ1) is 21.9. The van der Waals surface area contributed by atoms with Crippen molar-refractivity contribution in [3.8, 4) is 11.5 Å². The second kappa shape index (κ2) is 9.77. The third-order valence-electron chi connectivity index (χ3n) is 4.35. The maximum atomic E-state index is 11.2. The van der Waals surface area contributed by atoms with Crippen LogP contribution in [0.1, 0.15) is 31.8 Å². The highest BCUT2D eigenvalue weighted by atomic mass is 35.5. The second-order valence-corrected chi connectivity index (χ2v) is 6.81. The van der Waals surface area contributed by atoms with Gasteiger partial charge in [-0.2, -0.15) is 0 Å². The Morgan fingerprint density at radius 3 is 2.32 bits per heavy atom. The number of para-hydroxylation sites is 1. The van der Waals surface area contributed by atoms with Crippen LogP contribution in [-0.4, -0.2) is 35.5 Å². The standard InChI is InChI=1S/C23H18ClNO6/c1-30-20-4-2-3-17(12-25-19-11-16(23(28)29)9-10-18(19)24)21(20)31-13-14-5-7-15(8-6-14)22(26)27/h2-12H,13H2,1H3,(H,26,27)(H,28,29). The molecule has 0 amide bonds. The third-order valence-corrected chi connectivity index (χ3v) is 4.67. The Bertz CT molecular complexity index is 1140. The van der Waals surface area contributed by atoms with Gasteiger partial charge in [-0.25, -0.2) is 9.59 Å². The van der Waals surface area contributed by atoms with E-state index < -0.39 is 11.9 Å². The van der Waals surface area contributed by atoms with E-state index >= 15 is 0 Å². The minimum Gasteiger partial charge on any atom is -0.493 e. The van der Waals surface area contributed by atoms with Crippen LogP contribution in [0.5, 0.6) is 11.5 Å². The van der Waals surface area contributed by atoms with Gasteiger partial charge in [0.25, 0.3) is 0 Å². The largest absolute Gasteiger partial charge is 0.493 e. The van der Waals surface area contributed by atoms with E-state index in [9.17, 15) is 9.59 Å². The van der Waals surface area contributed by atoms with Gasteiger partial charge in [-0.1, -0.05) is 29.8 Å².